The van der Waals surface area contributed by atoms with Gasteiger partial charge in [0.2, 0.25) is 0 Å². The number of benzene rings is 2. The molecule has 0 aliphatic carbocycles. The predicted molar refractivity (Wildman–Crippen MR) is 131 cm³/mol. The normalized spacial score (nSPS) is 12.2. The molecule has 0 radical (unpaired) electrons. The van der Waals surface area contributed by atoms with Crippen LogP contribution in [-0.4, -0.2) is 49.6 Å². The molecule has 4 rings (SSSR count). The average molecular weight is 464 g/mol. The number of aliphatic hydroxyl groups is 1. The van der Waals surface area contributed by atoms with Crippen molar-refractivity contribution in [2.45, 2.75) is 19.1 Å². The van der Waals surface area contributed by atoms with Crippen molar-refractivity contribution in [2.24, 2.45) is 14.1 Å². The number of ether oxygens (including phenoxy) is 1. The van der Waals surface area contributed by atoms with E-state index in [1.807, 2.05) is 54.6 Å². The van der Waals surface area contributed by atoms with E-state index < -0.39 is 11.8 Å². The third-order valence-electron chi connectivity index (χ3n) is 5.73. The van der Waals surface area contributed by atoms with Crippen LogP contribution >= 0.6 is 0 Å². The molecule has 2 heterocycles. The zero-order valence-corrected chi connectivity index (χ0v) is 19.3. The summed E-state index contributed by atoms with van der Waals surface area (Å²) in [6.45, 7) is 1.78. The van der Waals surface area contributed by atoms with Crippen molar-refractivity contribution >= 4 is 11.2 Å². The number of nitrogens with one attached hydrogen (secondary N) is 1. The highest BCUT2D eigenvalue weighted by Gasteiger charge is 2.14. The highest BCUT2D eigenvalue weighted by atomic mass is 16.5. The number of imidazole rings is 1. The van der Waals surface area contributed by atoms with Gasteiger partial charge in [-0.05, 0) is 36.2 Å². The average Bonchev–Trinajstić information content (AvgIpc) is 3.29. The van der Waals surface area contributed by atoms with E-state index in [9.17, 15) is 14.7 Å². The van der Waals surface area contributed by atoms with Gasteiger partial charge in [0.25, 0.3) is 5.56 Å². The molecule has 0 aliphatic heterocycles. The molecule has 0 fully saturated rings. The smallest absolute Gasteiger partial charge is 0.332 e. The fourth-order valence-electron chi connectivity index (χ4n) is 3.86. The minimum atomic E-state index is -0.656. The highest BCUT2D eigenvalue weighted by molar-refractivity contribution is 5.70. The first-order chi connectivity index (χ1) is 16.5. The van der Waals surface area contributed by atoms with Crippen LogP contribution in [0.5, 0.6) is 5.75 Å². The molecular weight excluding hydrogens is 434 g/mol. The van der Waals surface area contributed by atoms with Gasteiger partial charge in [-0.15, -0.1) is 0 Å². The van der Waals surface area contributed by atoms with Gasteiger partial charge in [0.1, 0.15) is 18.5 Å². The van der Waals surface area contributed by atoms with Crippen molar-refractivity contribution in [3.63, 3.8) is 0 Å². The molecule has 2 aromatic heterocycles. The van der Waals surface area contributed by atoms with E-state index in [1.54, 1.807) is 17.9 Å². The Hall–Kier alpha value is -3.69. The number of aliphatic hydroxyl groups excluding tert-OH is 1. The van der Waals surface area contributed by atoms with Crippen LogP contribution in [0.25, 0.3) is 22.3 Å². The molecule has 0 aliphatic rings. The van der Waals surface area contributed by atoms with Gasteiger partial charge in [-0.2, -0.15) is 0 Å². The summed E-state index contributed by atoms with van der Waals surface area (Å²) in [5.41, 5.74) is 2.22. The molecule has 1 unspecified atom stereocenters. The third-order valence-corrected chi connectivity index (χ3v) is 5.73. The van der Waals surface area contributed by atoms with Gasteiger partial charge in [-0.25, -0.2) is 9.78 Å². The first kappa shape index (κ1) is 23.5. The molecular formula is C25H29N5O4. The quantitative estimate of drug-likeness (QED) is 0.346. The fraction of sp³-hybridized carbons (Fsp3) is 0.320. The molecule has 1 atom stereocenters. The lowest BCUT2D eigenvalue weighted by molar-refractivity contribution is 0.106. The number of fused-ring (bicyclic) bond motifs is 1. The molecule has 34 heavy (non-hydrogen) atoms. The SMILES string of the molecule is Cn1c(=O)c2c(ncn2CCCNCC(O)COc2cccc(-c3ccccc3)c2)n(C)c1=O. The minimum absolute atomic E-state index is 0.182. The molecule has 9 heteroatoms. The fourth-order valence-corrected chi connectivity index (χ4v) is 3.86. The zero-order valence-electron chi connectivity index (χ0n) is 19.3. The molecule has 0 spiro atoms. The molecule has 0 saturated heterocycles. The first-order valence-corrected chi connectivity index (χ1v) is 11.2. The van der Waals surface area contributed by atoms with E-state index in [4.69, 9.17) is 4.74 Å². The van der Waals surface area contributed by atoms with Gasteiger partial charge in [-0.3, -0.25) is 13.9 Å². The zero-order chi connectivity index (χ0) is 24.1. The Balaban J connectivity index is 1.23. The standard InChI is InChI=1S/C25H29N5O4/c1-28-23-22(24(32)29(2)25(28)33)30(17-27-23)13-7-12-26-15-20(31)16-34-21-11-6-10-19(14-21)18-8-4-3-5-9-18/h3-6,8-11,14,17,20,26,31H,7,12-13,15-16H2,1-2H3. The van der Waals surface area contributed by atoms with Crippen LogP contribution in [0.15, 0.2) is 70.5 Å². The number of hydrogen-bond donors (Lipinski definition) is 2. The first-order valence-electron chi connectivity index (χ1n) is 11.2. The number of hydrogen-bond acceptors (Lipinski definition) is 6. The topological polar surface area (TPSA) is 103 Å². The lowest BCUT2D eigenvalue weighted by Crippen LogP contribution is -2.37. The molecule has 2 aromatic carbocycles. The van der Waals surface area contributed by atoms with Crippen molar-refractivity contribution in [3.05, 3.63) is 81.8 Å². The van der Waals surface area contributed by atoms with Crippen molar-refractivity contribution in [1.82, 2.24) is 24.0 Å². The Kier molecular flexibility index (Phi) is 7.24. The number of rotatable bonds is 10. The predicted octanol–water partition coefficient (Wildman–Crippen LogP) is 1.52. The maximum Gasteiger partial charge on any atom is 0.332 e. The number of aromatic nitrogens is 4. The monoisotopic (exact) mass is 463 g/mol. The lowest BCUT2D eigenvalue weighted by atomic mass is 10.1. The lowest BCUT2D eigenvalue weighted by Gasteiger charge is -2.14. The van der Waals surface area contributed by atoms with Crippen LogP contribution in [-0.2, 0) is 20.6 Å². The van der Waals surface area contributed by atoms with E-state index in [-0.39, 0.29) is 12.2 Å². The molecule has 4 aromatic rings. The van der Waals surface area contributed by atoms with Gasteiger partial charge < -0.3 is 19.7 Å². The van der Waals surface area contributed by atoms with E-state index in [1.165, 1.54) is 11.6 Å². The van der Waals surface area contributed by atoms with Crippen LogP contribution < -0.4 is 21.3 Å². The molecule has 0 bridgehead atoms. The summed E-state index contributed by atoms with van der Waals surface area (Å²) in [6, 6.07) is 17.9. The van der Waals surface area contributed by atoms with E-state index in [0.29, 0.717) is 36.5 Å². The van der Waals surface area contributed by atoms with E-state index >= 15 is 0 Å². The molecule has 0 amide bonds. The molecule has 178 valence electrons. The molecule has 9 nitrogen and oxygen atoms in total. The third kappa shape index (κ3) is 5.11. The number of nitrogens with zero attached hydrogens (tertiary/aromatic N) is 4. The summed E-state index contributed by atoms with van der Waals surface area (Å²) in [5.74, 6) is 0.711. The van der Waals surface area contributed by atoms with Gasteiger partial charge in [0.15, 0.2) is 11.2 Å². The Labute approximate surface area is 196 Å². The van der Waals surface area contributed by atoms with E-state index in [0.717, 1.165) is 22.1 Å². The summed E-state index contributed by atoms with van der Waals surface area (Å²) in [6.07, 6.45) is 1.65. The van der Waals surface area contributed by atoms with Crippen molar-refractivity contribution in [1.29, 1.82) is 0 Å². The summed E-state index contributed by atoms with van der Waals surface area (Å²) in [7, 11) is 3.06. The Morgan fingerprint density at radius 3 is 2.59 bits per heavy atom. The Morgan fingerprint density at radius 2 is 1.79 bits per heavy atom. The minimum Gasteiger partial charge on any atom is -0.491 e. The second kappa shape index (κ2) is 10.5. The highest BCUT2D eigenvalue weighted by Crippen LogP contribution is 2.23. The van der Waals surface area contributed by atoms with Crippen LogP contribution in [0.3, 0.4) is 0 Å². The largest absolute Gasteiger partial charge is 0.491 e. The van der Waals surface area contributed by atoms with Gasteiger partial charge in [0.05, 0.1) is 6.33 Å². The number of aryl methyl sites for hydroxylation is 2. The van der Waals surface area contributed by atoms with Crippen LogP contribution in [0.1, 0.15) is 6.42 Å². The van der Waals surface area contributed by atoms with Crippen molar-refractivity contribution in [2.75, 3.05) is 19.7 Å². The maximum atomic E-state index is 12.5. The van der Waals surface area contributed by atoms with Gasteiger partial charge >= 0.3 is 5.69 Å². The van der Waals surface area contributed by atoms with Gasteiger partial charge in [0, 0.05) is 27.2 Å². The van der Waals surface area contributed by atoms with Crippen LogP contribution in [0.2, 0.25) is 0 Å². The summed E-state index contributed by atoms with van der Waals surface area (Å²) < 4.78 is 9.99. The Morgan fingerprint density at radius 1 is 1.03 bits per heavy atom. The molecule has 0 saturated carbocycles. The van der Waals surface area contributed by atoms with Crippen LogP contribution in [0, 0.1) is 0 Å². The van der Waals surface area contributed by atoms with Crippen molar-refractivity contribution < 1.29 is 9.84 Å². The van der Waals surface area contributed by atoms with Gasteiger partial charge in [-0.1, -0.05) is 42.5 Å². The Bertz CT molecular complexity index is 1370. The maximum absolute atomic E-state index is 12.5. The summed E-state index contributed by atoms with van der Waals surface area (Å²) in [4.78, 5) is 28.7. The summed E-state index contributed by atoms with van der Waals surface area (Å²) in [5, 5.41) is 13.5. The van der Waals surface area contributed by atoms with Crippen molar-refractivity contribution in [3.8, 4) is 16.9 Å². The summed E-state index contributed by atoms with van der Waals surface area (Å²) >= 11 is 0. The second-order valence-electron chi connectivity index (χ2n) is 8.23. The van der Waals surface area contributed by atoms with E-state index in [2.05, 4.69) is 10.3 Å². The van der Waals surface area contributed by atoms with Crippen LogP contribution in [0.4, 0.5) is 0 Å². The molecule has 2 N–H and O–H groups in total. The second-order valence-corrected chi connectivity index (χ2v) is 8.23.